The minimum atomic E-state index is 0.775. The molecule has 0 saturated carbocycles. The number of anilines is 1. The maximum Gasteiger partial charge on any atom is 0.160 e. The summed E-state index contributed by atoms with van der Waals surface area (Å²) in [5, 5.41) is 11.0. The summed E-state index contributed by atoms with van der Waals surface area (Å²) in [4.78, 5) is 8.26. The van der Waals surface area contributed by atoms with Gasteiger partial charge in [0.15, 0.2) is 5.65 Å². The molecule has 80 valence electrons. The average Bonchev–Trinajstić information content (AvgIpc) is 2.73. The van der Waals surface area contributed by atoms with Gasteiger partial charge in [-0.1, -0.05) is 0 Å². The van der Waals surface area contributed by atoms with Gasteiger partial charge in [-0.2, -0.15) is 16.9 Å². The van der Waals surface area contributed by atoms with Gasteiger partial charge in [-0.3, -0.25) is 5.10 Å². The second kappa shape index (κ2) is 4.97. The Hall–Kier alpha value is -1.30. The predicted octanol–water partition coefficient (Wildman–Crippen LogP) is 1.52. The van der Waals surface area contributed by atoms with Crippen molar-refractivity contribution in [2.24, 2.45) is 0 Å². The van der Waals surface area contributed by atoms with Crippen LogP contribution in [0.2, 0.25) is 0 Å². The van der Waals surface area contributed by atoms with E-state index in [9.17, 15) is 0 Å². The van der Waals surface area contributed by atoms with Crippen LogP contribution in [0.3, 0.4) is 0 Å². The van der Waals surface area contributed by atoms with Crippen LogP contribution in [0.15, 0.2) is 12.5 Å². The van der Waals surface area contributed by atoms with Crippen molar-refractivity contribution in [3.8, 4) is 0 Å². The van der Waals surface area contributed by atoms with Crippen LogP contribution >= 0.6 is 11.8 Å². The molecule has 0 aliphatic carbocycles. The van der Waals surface area contributed by atoms with Gasteiger partial charge in [0.05, 0.1) is 11.6 Å². The summed E-state index contributed by atoms with van der Waals surface area (Å²) in [7, 11) is 0. The number of hydrogen-bond donors (Lipinski definition) is 2. The molecule has 0 aliphatic rings. The number of aromatic amines is 1. The van der Waals surface area contributed by atoms with Gasteiger partial charge in [-0.25, -0.2) is 9.97 Å². The van der Waals surface area contributed by atoms with E-state index in [0.717, 1.165) is 35.6 Å². The van der Waals surface area contributed by atoms with E-state index >= 15 is 0 Å². The van der Waals surface area contributed by atoms with Crippen molar-refractivity contribution in [2.45, 2.75) is 6.42 Å². The smallest absolute Gasteiger partial charge is 0.160 e. The molecule has 2 N–H and O–H groups in total. The van der Waals surface area contributed by atoms with Crippen molar-refractivity contribution in [3.05, 3.63) is 12.5 Å². The van der Waals surface area contributed by atoms with Crippen LogP contribution in [0.25, 0.3) is 11.0 Å². The van der Waals surface area contributed by atoms with Crippen molar-refractivity contribution >= 4 is 28.6 Å². The van der Waals surface area contributed by atoms with Crippen LogP contribution < -0.4 is 5.32 Å². The molecule has 15 heavy (non-hydrogen) atoms. The average molecular weight is 223 g/mol. The first-order valence-electron chi connectivity index (χ1n) is 4.78. The minimum Gasteiger partial charge on any atom is -0.369 e. The molecule has 0 unspecified atom stereocenters. The number of fused-ring (bicyclic) bond motifs is 1. The highest BCUT2D eigenvalue weighted by atomic mass is 32.2. The molecule has 2 aromatic rings. The van der Waals surface area contributed by atoms with E-state index < -0.39 is 0 Å². The molecule has 2 heterocycles. The van der Waals surface area contributed by atoms with Crippen LogP contribution in [0.1, 0.15) is 6.42 Å². The van der Waals surface area contributed by atoms with E-state index in [1.807, 2.05) is 11.8 Å². The van der Waals surface area contributed by atoms with Crippen LogP contribution in [0, 0.1) is 0 Å². The Kier molecular flexibility index (Phi) is 3.39. The van der Waals surface area contributed by atoms with Gasteiger partial charge in [0.25, 0.3) is 0 Å². The third-order valence-corrected chi connectivity index (χ3v) is 2.76. The summed E-state index contributed by atoms with van der Waals surface area (Å²) in [5.74, 6) is 2.02. The first-order chi connectivity index (χ1) is 7.42. The van der Waals surface area contributed by atoms with Crippen molar-refractivity contribution in [3.63, 3.8) is 0 Å². The zero-order valence-corrected chi connectivity index (χ0v) is 9.34. The summed E-state index contributed by atoms with van der Waals surface area (Å²) in [6.45, 7) is 0.929. The third-order valence-electron chi connectivity index (χ3n) is 2.07. The zero-order valence-electron chi connectivity index (χ0n) is 8.53. The summed E-state index contributed by atoms with van der Waals surface area (Å²) in [6, 6.07) is 0. The molecule has 0 aliphatic heterocycles. The minimum absolute atomic E-state index is 0.775. The van der Waals surface area contributed by atoms with Crippen molar-refractivity contribution < 1.29 is 0 Å². The Balaban J connectivity index is 2.04. The van der Waals surface area contributed by atoms with Gasteiger partial charge < -0.3 is 5.32 Å². The molecule has 5 nitrogen and oxygen atoms in total. The molecule has 0 atom stereocenters. The van der Waals surface area contributed by atoms with E-state index in [-0.39, 0.29) is 0 Å². The largest absolute Gasteiger partial charge is 0.369 e. The summed E-state index contributed by atoms with van der Waals surface area (Å²) in [5.41, 5.74) is 0.775. The molecule has 0 radical (unpaired) electrons. The van der Waals surface area contributed by atoms with Crippen LogP contribution in [-0.2, 0) is 0 Å². The summed E-state index contributed by atoms with van der Waals surface area (Å²) >= 11 is 1.85. The summed E-state index contributed by atoms with van der Waals surface area (Å²) < 4.78 is 0. The molecule has 0 bridgehead atoms. The normalized spacial score (nSPS) is 10.7. The Morgan fingerprint density at radius 1 is 1.47 bits per heavy atom. The van der Waals surface area contributed by atoms with Gasteiger partial charge in [0.1, 0.15) is 12.1 Å². The fraction of sp³-hybridized carbons (Fsp3) is 0.444. The molecular formula is C9H13N5S. The number of thioether (sulfide) groups is 1. The fourth-order valence-electron chi connectivity index (χ4n) is 1.33. The highest BCUT2D eigenvalue weighted by Gasteiger charge is 2.03. The zero-order chi connectivity index (χ0) is 10.5. The number of H-pyrrole nitrogens is 1. The Labute approximate surface area is 92.1 Å². The molecule has 0 amide bonds. The van der Waals surface area contributed by atoms with E-state index in [1.165, 1.54) is 6.33 Å². The standard InChI is InChI=1S/C9H13N5S/c1-15-4-2-3-10-8-7-5-13-14-9(7)12-6-11-8/h5-6H,2-4H2,1H3,(H2,10,11,12,13,14). The van der Waals surface area contributed by atoms with Gasteiger partial charge in [0, 0.05) is 6.54 Å². The topological polar surface area (TPSA) is 66.5 Å². The van der Waals surface area contributed by atoms with Gasteiger partial charge >= 0.3 is 0 Å². The second-order valence-electron chi connectivity index (χ2n) is 3.13. The van der Waals surface area contributed by atoms with Crippen LogP contribution in [0.4, 0.5) is 5.82 Å². The van der Waals surface area contributed by atoms with E-state index in [0.29, 0.717) is 0 Å². The maximum absolute atomic E-state index is 4.19. The first kappa shape index (κ1) is 10.2. The highest BCUT2D eigenvalue weighted by Crippen LogP contribution is 2.15. The lowest BCUT2D eigenvalue weighted by molar-refractivity contribution is 0.982. The van der Waals surface area contributed by atoms with Crippen molar-refractivity contribution in [2.75, 3.05) is 23.9 Å². The Morgan fingerprint density at radius 2 is 2.40 bits per heavy atom. The SMILES string of the molecule is CSCCCNc1ncnc2[nH]ncc12. The van der Waals surface area contributed by atoms with Crippen LogP contribution in [-0.4, -0.2) is 38.7 Å². The molecule has 2 aromatic heterocycles. The van der Waals surface area contributed by atoms with Crippen molar-refractivity contribution in [1.29, 1.82) is 0 Å². The number of hydrogen-bond acceptors (Lipinski definition) is 5. The lowest BCUT2D eigenvalue weighted by Gasteiger charge is -2.04. The van der Waals surface area contributed by atoms with E-state index in [1.54, 1.807) is 6.20 Å². The highest BCUT2D eigenvalue weighted by molar-refractivity contribution is 7.98. The molecule has 0 saturated heterocycles. The number of aromatic nitrogens is 4. The van der Waals surface area contributed by atoms with Crippen molar-refractivity contribution in [1.82, 2.24) is 20.2 Å². The lowest BCUT2D eigenvalue weighted by Crippen LogP contribution is -2.04. The van der Waals surface area contributed by atoms with Crippen LogP contribution in [0.5, 0.6) is 0 Å². The molecule has 0 fully saturated rings. The third kappa shape index (κ3) is 2.38. The maximum atomic E-state index is 4.19. The van der Waals surface area contributed by atoms with E-state index in [2.05, 4.69) is 31.7 Å². The van der Waals surface area contributed by atoms with Gasteiger partial charge in [0.2, 0.25) is 0 Å². The molecule has 2 rings (SSSR count). The second-order valence-corrected chi connectivity index (χ2v) is 4.11. The first-order valence-corrected chi connectivity index (χ1v) is 6.18. The lowest BCUT2D eigenvalue weighted by atomic mass is 10.4. The Morgan fingerprint density at radius 3 is 3.27 bits per heavy atom. The fourth-order valence-corrected chi connectivity index (χ4v) is 1.76. The molecule has 0 aromatic carbocycles. The van der Waals surface area contributed by atoms with E-state index in [4.69, 9.17) is 0 Å². The molecular weight excluding hydrogens is 210 g/mol. The quantitative estimate of drug-likeness (QED) is 0.752. The Bertz CT molecular complexity index is 427. The predicted molar refractivity (Wildman–Crippen MR) is 63.2 cm³/mol. The number of nitrogens with one attached hydrogen (secondary N) is 2. The molecule has 0 spiro atoms. The van der Waals surface area contributed by atoms with Gasteiger partial charge in [-0.05, 0) is 18.4 Å². The van der Waals surface area contributed by atoms with Gasteiger partial charge in [-0.15, -0.1) is 0 Å². The molecule has 6 heteroatoms. The number of nitrogens with zero attached hydrogens (tertiary/aromatic N) is 3. The summed E-state index contributed by atoms with van der Waals surface area (Å²) in [6.07, 6.45) is 6.52. The number of rotatable bonds is 5. The monoisotopic (exact) mass is 223 g/mol.